The molecule has 0 spiro atoms. The SMILES string of the molecule is C=CCOC12Oc3ccc(OCCSc4ccccc4)cc3C3C(CCCCO)C(CCCCO)C=C(C(=NOCc4ccccc4)CC1N(CCC)C(=O)c1ccc4c(c1)OCO4)C32. The first-order chi connectivity index (χ1) is 32.0. The number of nitrogens with zero attached hydrogens (tertiary/aromatic N) is 2. The van der Waals surface area contributed by atoms with Crippen LogP contribution in [0.2, 0.25) is 0 Å². The minimum Gasteiger partial charge on any atom is -0.493 e. The number of rotatable bonds is 23. The molecule has 1 saturated carbocycles. The van der Waals surface area contributed by atoms with Crippen LogP contribution in [-0.2, 0) is 16.2 Å². The molecule has 2 N–H and O–H groups in total. The summed E-state index contributed by atoms with van der Waals surface area (Å²) < 4.78 is 32.5. The third-order valence-corrected chi connectivity index (χ3v) is 14.0. The monoisotopic (exact) mass is 902 g/mol. The van der Waals surface area contributed by atoms with E-state index in [9.17, 15) is 10.2 Å². The number of carbonyl (C=O) groups is 1. The lowest BCUT2D eigenvalue weighted by atomic mass is 9.55. The van der Waals surface area contributed by atoms with Gasteiger partial charge in [-0.25, -0.2) is 0 Å². The lowest BCUT2D eigenvalue weighted by Gasteiger charge is -2.60. The average Bonchev–Trinajstić information content (AvgIpc) is 3.82. The van der Waals surface area contributed by atoms with Gasteiger partial charge in [-0.1, -0.05) is 85.6 Å². The van der Waals surface area contributed by atoms with Crippen molar-refractivity contribution in [2.45, 2.75) is 87.5 Å². The molecule has 65 heavy (non-hydrogen) atoms. The summed E-state index contributed by atoms with van der Waals surface area (Å²) in [6.07, 6.45) is 9.80. The summed E-state index contributed by atoms with van der Waals surface area (Å²) in [6, 6.07) is 31.1. The molecular formula is C53H62N2O9S. The summed E-state index contributed by atoms with van der Waals surface area (Å²) in [7, 11) is 0. The molecule has 0 aromatic heterocycles. The highest BCUT2D eigenvalue weighted by molar-refractivity contribution is 7.99. The van der Waals surface area contributed by atoms with Crippen molar-refractivity contribution in [1.82, 2.24) is 4.90 Å². The molecule has 4 aromatic rings. The summed E-state index contributed by atoms with van der Waals surface area (Å²) in [6.45, 7) is 7.85. The number of benzene rings is 4. The molecule has 2 heterocycles. The van der Waals surface area contributed by atoms with E-state index in [0.717, 1.165) is 59.6 Å². The highest BCUT2D eigenvalue weighted by atomic mass is 32.2. The van der Waals surface area contributed by atoms with Crippen LogP contribution in [0.5, 0.6) is 23.0 Å². The number of aliphatic hydroxyl groups excluding tert-OH is 2. The molecule has 0 bridgehead atoms. The van der Waals surface area contributed by atoms with Crippen LogP contribution in [0.1, 0.15) is 85.7 Å². The second-order valence-electron chi connectivity index (χ2n) is 17.1. The zero-order valence-corrected chi connectivity index (χ0v) is 38.2. The standard InChI is InChI=1S/C53H62N2O9S/c1-3-25-55(52(58)39-21-23-47-48(32-39)61-36-60-47)49-34-45(54-63-35-37-15-7-5-8-16-37)43-31-38(17-11-13-26-56)42(20-12-14-27-57)50-44-33-40(59-29-30-65-41-18-9-6-10-19-41)22-24-46(44)64-53(49,51(43)50)62-28-4-2/h4-10,15-16,18-19,21-24,31-33,38,42,49-51,56-57H,2-3,11-14,17,20,25-30,34-36H2,1H3. The van der Waals surface area contributed by atoms with E-state index in [1.807, 2.05) is 65.6 Å². The minimum absolute atomic E-state index is 0.0849. The molecule has 4 aliphatic rings. The molecule has 11 nitrogen and oxygen atoms in total. The van der Waals surface area contributed by atoms with Gasteiger partial charge in [0.1, 0.15) is 24.1 Å². The fraction of sp³-hybridized carbons (Fsp3) is 0.434. The first-order valence-electron chi connectivity index (χ1n) is 23.2. The van der Waals surface area contributed by atoms with Gasteiger partial charge in [-0.3, -0.25) is 4.79 Å². The van der Waals surface area contributed by atoms with E-state index in [-0.39, 0.29) is 56.9 Å². The molecule has 8 rings (SSSR count). The molecule has 1 fully saturated rings. The second kappa shape index (κ2) is 22.3. The first-order valence-corrected chi connectivity index (χ1v) is 24.2. The zero-order chi connectivity index (χ0) is 45.0. The van der Waals surface area contributed by atoms with E-state index < -0.39 is 17.7 Å². The van der Waals surface area contributed by atoms with Gasteiger partial charge in [-0.05, 0) is 104 Å². The number of oxime groups is 1. The van der Waals surface area contributed by atoms with Crippen molar-refractivity contribution in [3.8, 4) is 23.0 Å². The maximum absolute atomic E-state index is 15.2. The van der Waals surface area contributed by atoms with E-state index in [4.69, 9.17) is 33.7 Å². The molecule has 0 saturated heterocycles. The number of ether oxygens (including phenoxy) is 5. The predicted molar refractivity (Wildman–Crippen MR) is 253 cm³/mol. The summed E-state index contributed by atoms with van der Waals surface area (Å²) in [4.78, 5) is 24.5. The van der Waals surface area contributed by atoms with Crippen LogP contribution in [-0.4, -0.2) is 84.1 Å². The molecule has 1 amide bonds. The van der Waals surface area contributed by atoms with Crippen LogP contribution in [0.4, 0.5) is 0 Å². The number of allylic oxidation sites excluding steroid dienone is 1. The summed E-state index contributed by atoms with van der Waals surface area (Å²) >= 11 is 1.75. The fourth-order valence-electron chi connectivity index (χ4n) is 10.2. The quantitative estimate of drug-likeness (QED) is 0.0321. The van der Waals surface area contributed by atoms with Gasteiger partial charge >= 0.3 is 0 Å². The van der Waals surface area contributed by atoms with Crippen molar-refractivity contribution in [3.63, 3.8) is 0 Å². The minimum atomic E-state index is -1.38. The van der Waals surface area contributed by atoms with E-state index in [1.54, 1.807) is 36.0 Å². The molecule has 4 aromatic carbocycles. The van der Waals surface area contributed by atoms with Gasteiger partial charge in [-0.15, -0.1) is 18.3 Å². The molecule has 2 aliphatic carbocycles. The van der Waals surface area contributed by atoms with Crippen molar-refractivity contribution < 1.29 is 43.5 Å². The molecule has 12 heteroatoms. The highest BCUT2D eigenvalue weighted by Crippen LogP contribution is 2.62. The fourth-order valence-corrected chi connectivity index (χ4v) is 10.9. The number of fused-ring (bicyclic) bond motifs is 3. The Morgan fingerprint density at radius 1 is 0.923 bits per heavy atom. The van der Waals surface area contributed by atoms with Crippen LogP contribution in [0, 0.1) is 17.8 Å². The largest absolute Gasteiger partial charge is 0.493 e. The number of amides is 1. The highest BCUT2D eigenvalue weighted by Gasteiger charge is 2.65. The number of thioether (sulfide) groups is 1. The summed E-state index contributed by atoms with van der Waals surface area (Å²) in [5.41, 5.74) is 4.21. The van der Waals surface area contributed by atoms with E-state index in [1.165, 1.54) is 4.90 Å². The number of aliphatic hydroxyl groups is 2. The zero-order valence-electron chi connectivity index (χ0n) is 37.4. The van der Waals surface area contributed by atoms with Gasteiger partial charge in [0.25, 0.3) is 5.91 Å². The van der Waals surface area contributed by atoms with Crippen LogP contribution in [0.25, 0.3) is 0 Å². The van der Waals surface area contributed by atoms with E-state index >= 15 is 4.79 Å². The van der Waals surface area contributed by atoms with E-state index in [0.29, 0.717) is 61.6 Å². The van der Waals surface area contributed by atoms with E-state index in [2.05, 4.69) is 37.8 Å². The predicted octanol–water partition coefficient (Wildman–Crippen LogP) is 9.97. The van der Waals surface area contributed by atoms with Gasteiger partial charge in [0.2, 0.25) is 12.6 Å². The van der Waals surface area contributed by atoms with Crippen LogP contribution >= 0.6 is 11.8 Å². The Bertz CT molecular complexity index is 2270. The van der Waals surface area contributed by atoms with Gasteiger partial charge in [0.05, 0.1) is 24.8 Å². The maximum Gasteiger partial charge on any atom is 0.254 e. The Labute approximate surface area is 387 Å². The number of hydrogen-bond donors (Lipinski definition) is 2. The van der Waals surface area contributed by atoms with Crippen LogP contribution in [0.3, 0.4) is 0 Å². The molecule has 6 atom stereocenters. The number of hydrogen-bond acceptors (Lipinski definition) is 11. The van der Waals surface area contributed by atoms with Gasteiger partial charge in [0, 0.05) is 53.9 Å². The Morgan fingerprint density at radius 3 is 2.45 bits per heavy atom. The summed E-state index contributed by atoms with van der Waals surface area (Å²) in [5.74, 6) is 1.35. The average molecular weight is 903 g/mol. The molecule has 344 valence electrons. The number of carbonyl (C=O) groups excluding carboxylic acids is 1. The molecule has 0 radical (unpaired) electrons. The van der Waals surface area contributed by atoms with Crippen LogP contribution < -0.4 is 18.9 Å². The summed E-state index contributed by atoms with van der Waals surface area (Å²) in [5, 5.41) is 25.0. The normalized spacial score (nSPS) is 23.2. The van der Waals surface area contributed by atoms with Gasteiger partial charge < -0.3 is 43.6 Å². The Kier molecular flexibility index (Phi) is 15.9. The van der Waals surface area contributed by atoms with Crippen LogP contribution in [0.15, 0.2) is 131 Å². The number of unbranched alkanes of at least 4 members (excludes halogenated alkanes) is 2. The topological polar surface area (TPSA) is 129 Å². The maximum atomic E-state index is 15.2. The van der Waals surface area contributed by atoms with Crippen molar-refractivity contribution in [3.05, 3.63) is 138 Å². The Morgan fingerprint density at radius 2 is 1.68 bits per heavy atom. The Balaban J connectivity index is 1.27. The lowest BCUT2D eigenvalue weighted by Crippen LogP contribution is -2.70. The second-order valence-corrected chi connectivity index (χ2v) is 18.3. The van der Waals surface area contributed by atoms with Gasteiger partial charge in [0.15, 0.2) is 11.5 Å². The van der Waals surface area contributed by atoms with Gasteiger partial charge in [-0.2, -0.15) is 0 Å². The first kappa shape index (κ1) is 46.3. The lowest BCUT2D eigenvalue weighted by molar-refractivity contribution is -0.254. The van der Waals surface area contributed by atoms with Crippen molar-refractivity contribution >= 4 is 23.4 Å². The third kappa shape index (κ3) is 10.4. The van der Waals surface area contributed by atoms with Crippen molar-refractivity contribution in [1.29, 1.82) is 0 Å². The third-order valence-electron chi connectivity index (χ3n) is 13.0. The molecule has 6 unspecified atom stereocenters. The van der Waals surface area contributed by atoms with Crippen molar-refractivity contribution in [2.24, 2.45) is 22.9 Å². The molecule has 2 aliphatic heterocycles. The van der Waals surface area contributed by atoms with Crippen molar-refractivity contribution in [2.75, 3.05) is 45.5 Å². The smallest absolute Gasteiger partial charge is 0.254 e. The Hall–Kier alpha value is -5.27. The molecular weight excluding hydrogens is 841 g/mol.